The predicted molar refractivity (Wildman–Crippen MR) is 47.2 cm³/mol. The Balaban J connectivity index is 2.33. The first kappa shape index (κ1) is 8.53. The van der Waals surface area contributed by atoms with Gasteiger partial charge < -0.3 is 5.11 Å². The van der Waals surface area contributed by atoms with Gasteiger partial charge in [-0.1, -0.05) is 12.1 Å². The van der Waals surface area contributed by atoms with Crippen molar-refractivity contribution in [2.24, 2.45) is 0 Å². The van der Waals surface area contributed by atoms with E-state index in [1.54, 1.807) is 6.07 Å². The minimum Gasteiger partial charge on any atom is -0.508 e. The summed E-state index contributed by atoms with van der Waals surface area (Å²) in [4.78, 5) is 9.89. The summed E-state index contributed by atoms with van der Waals surface area (Å²) in [5, 5.41) is 9.46. The van der Waals surface area contributed by atoms with E-state index >= 15 is 0 Å². The molecular weight excluding hydrogens is 168 g/mol. The van der Waals surface area contributed by atoms with Crippen LogP contribution in [-0.4, -0.2) is 11.7 Å². The summed E-state index contributed by atoms with van der Waals surface area (Å²) in [6.45, 7) is 2.51. The fourth-order valence-corrected chi connectivity index (χ4v) is 1.53. The van der Waals surface area contributed by atoms with Gasteiger partial charge in [-0.3, -0.25) is 0 Å². The molecule has 0 amide bonds. The highest BCUT2D eigenvalue weighted by Gasteiger charge is 2.21. The van der Waals surface area contributed by atoms with Crippen molar-refractivity contribution in [2.75, 3.05) is 6.61 Å². The second-order valence-electron chi connectivity index (χ2n) is 3.19. The molecule has 1 saturated heterocycles. The van der Waals surface area contributed by atoms with Crippen LogP contribution in [0.4, 0.5) is 0 Å². The molecule has 3 heteroatoms. The lowest BCUT2D eigenvalue weighted by atomic mass is 10.0. The molecule has 0 spiro atoms. The van der Waals surface area contributed by atoms with Crippen molar-refractivity contribution in [3.05, 3.63) is 29.3 Å². The third-order valence-corrected chi connectivity index (χ3v) is 2.34. The lowest BCUT2D eigenvalue weighted by Crippen LogP contribution is -1.98. The molecule has 1 N–H and O–H groups in total. The van der Waals surface area contributed by atoms with Crippen LogP contribution in [0.5, 0.6) is 5.75 Å². The Morgan fingerprint density at radius 2 is 2.31 bits per heavy atom. The Kier molecular flexibility index (Phi) is 2.20. The van der Waals surface area contributed by atoms with Gasteiger partial charge in [0.15, 0.2) is 0 Å². The molecule has 0 radical (unpaired) electrons. The fourth-order valence-electron chi connectivity index (χ4n) is 1.53. The van der Waals surface area contributed by atoms with Crippen LogP contribution in [0.2, 0.25) is 0 Å². The smallest absolute Gasteiger partial charge is 0.121 e. The molecule has 0 aromatic heterocycles. The highest BCUT2D eigenvalue weighted by Crippen LogP contribution is 2.32. The third-order valence-electron chi connectivity index (χ3n) is 2.34. The van der Waals surface area contributed by atoms with Gasteiger partial charge in [-0.25, -0.2) is 9.78 Å². The second-order valence-corrected chi connectivity index (χ2v) is 3.19. The molecule has 1 atom stereocenters. The standard InChI is InChI=1S/C10H12O3/c1-7-8(3-2-4-9(7)11)10-5-6-12-13-10/h2-4,10-11H,5-6H2,1H3. The number of hydrogen-bond acceptors (Lipinski definition) is 3. The molecule has 3 nitrogen and oxygen atoms in total. The fraction of sp³-hybridized carbons (Fsp3) is 0.400. The highest BCUT2D eigenvalue weighted by atomic mass is 17.2. The average Bonchev–Trinajstić information content (AvgIpc) is 2.62. The van der Waals surface area contributed by atoms with Gasteiger partial charge in [0.2, 0.25) is 0 Å². The van der Waals surface area contributed by atoms with Gasteiger partial charge in [-0.2, -0.15) is 0 Å². The van der Waals surface area contributed by atoms with Gasteiger partial charge in [-0.05, 0) is 24.1 Å². The molecule has 1 fully saturated rings. The third kappa shape index (κ3) is 1.53. The lowest BCUT2D eigenvalue weighted by Gasteiger charge is -2.11. The predicted octanol–water partition coefficient (Wildman–Crippen LogP) is 2.09. The average molecular weight is 180 g/mol. The first-order valence-electron chi connectivity index (χ1n) is 4.36. The van der Waals surface area contributed by atoms with E-state index in [4.69, 9.17) is 9.78 Å². The quantitative estimate of drug-likeness (QED) is 0.672. The van der Waals surface area contributed by atoms with Crippen LogP contribution in [0.1, 0.15) is 23.7 Å². The van der Waals surface area contributed by atoms with Crippen LogP contribution in [0.3, 0.4) is 0 Å². The van der Waals surface area contributed by atoms with Crippen LogP contribution in [0.25, 0.3) is 0 Å². The van der Waals surface area contributed by atoms with Crippen molar-refractivity contribution in [1.82, 2.24) is 0 Å². The number of phenols is 1. The Morgan fingerprint density at radius 3 is 3.00 bits per heavy atom. The second kappa shape index (κ2) is 3.36. The summed E-state index contributed by atoms with van der Waals surface area (Å²) in [7, 11) is 0. The zero-order valence-corrected chi connectivity index (χ0v) is 7.49. The number of phenolic OH excluding ortho intramolecular Hbond substituents is 1. The van der Waals surface area contributed by atoms with Crippen molar-refractivity contribution in [2.45, 2.75) is 19.4 Å². The topological polar surface area (TPSA) is 38.7 Å². The maximum atomic E-state index is 9.46. The maximum absolute atomic E-state index is 9.46. The van der Waals surface area contributed by atoms with Crippen LogP contribution < -0.4 is 0 Å². The summed E-state index contributed by atoms with van der Waals surface area (Å²) in [6.07, 6.45) is 0.830. The molecule has 1 unspecified atom stereocenters. The maximum Gasteiger partial charge on any atom is 0.121 e. The number of rotatable bonds is 1. The Labute approximate surface area is 76.8 Å². The zero-order chi connectivity index (χ0) is 9.26. The highest BCUT2D eigenvalue weighted by molar-refractivity contribution is 5.39. The Hall–Kier alpha value is -1.06. The van der Waals surface area contributed by atoms with E-state index in [1.165, 1.54) is 0 Å². The summed E-state index contributed by atoms with van der Waals surface area (Å²) < 4.78 is 0. The number of aromatic hydroxyl groups is 1. The Bertz CT molecular complexity index is 303. The minimum atomic E-state index is -0.0212. The van der Waals surface area contributed by atoms with E-state index < -0.39 is 0 Å². The van der Waals surface area contributed by atoms with Gasteiger partial charge in [0.25, 0.3) is 0 Å². The molecule has 0 saturated carbocycles. The van der Waals surface area contributed by atoms with E-state index in [-0.39, 0.29) is 6.10 Å². The molecule has 1 heterocycles. The normalized spacial score (nSPS) is 22.1. The summed E-state index contributed by atoms with van der Waals surface area (Å²) in [6, 6.07) is 5.45. The van der Waals surface area contributed by atoms with Crippen LogP contribution >= 0.6 is 0 Å². The molecule has 70 valence electrons. The van der Waals surface area contributed by atoms with Crippen molar-refractivity contribution in [1.29, 1.82) is 0 Å². The van der Waals surface area contributed by atoms with Crippen molar-refractivity contribution in [3.63, 3.8) is 0 Å². The molecule has 1 aliphatic rings. The molecule has 0 bridgehead atoms. The van der Waals surface area contributed by atoms with E-state index in [2.05, 4.69) is 0 Å². The van der Waals surface area contributed by atoms with Crippen molar-refractivity contribution < 1.29 is 14.9 Å². The monoisotopic (exact) mass is 180 g/mol. The van der Waals surface area contributed by atoms with Crippen molar-refractivity contribution in [3.8, 4) is 5.75 Å². The molecule has 1 aliphatic heterocycles. The van der Waals surface area contributed by atoms with Gasteiger partial charge >= 0.3 is 0 Å². The van der Waals surface area contributed by atoms with E-state index in [1.807, 2.05) is 19.1 Å². The zero-order valence-electron chi connectivity index (χ0n) is 7.49. The minimum absolute atomic E-state index is 0.0212. The number of hydrogen-bond donors (Lipinski definition) is 1. The first-order valence-corrected chi connectivity index (χ1v) is 4.36. The first-order chi connectivity index (χ1) is 6.29. The summed E-state index contributed by atoms with van der Waals surface area (Å²) in [5.74, 6) is 0.313. The van der Waals surface area contributed by atoms with Crippen LogP contribution in [-0.2, 0) is 9.78 Å². The van der Waals surface area contributed by atoms with Gasteiger partial charge in [0.1, 0.15) is 11.9 Å². The van der Waals surface area contributed by atoms with Crippen LogP contribution in [0, 0.1) is 6.92 Å². The van der Waals surface area contributed by atoms with Crippen molar-refractivity contribution >= 4 is 0 Å². The summed E-state index contributed by atoms with van der Waals surface area (Å²) >= 11 is 0. The van der Waals surface area contributed by atoms with E-state index in [0.29, 0.717) is 12.4 Å². The molecular formula is C10H12O3. The largest absolute Gasteiger partial charge is 0.508 e. The SMILES string of the molecule is Cc1c(O)cccc1C1CCOO1. The van der Waals surface area contributed by atoms with E-state index in [0.717, 1.165) is 17.5 Å². The molecule has 1 aromatic rings. The van der Waals surface area contributed by atoms with Gasteiger partial charge in [0, 0.05) is 6.42 Å². The molecule has 13 heavy (non-hydrogen) atoms. The van der Waals surface area contributed by atoms with Gasteiger partial charge in [-0.15, -0.1) is 0 Å². The Morgan fingerprint density at radius 1 is 1.46 bits per heavy atom. The summed E-state index contributed by atoms with van der Waals surface area (Å²) in [5.41, 5.74) is 1.88. The lowest BCUT2D eigenvalue weighted by molar-refractivity contribution is -0.276. The number of benzene rings is 1. The van der Waals surface area contributed by atoms with Gasteiger partial charge in [0.05, 0.1) is 6.61 Å². The van der Waals surface area contributed by atoms with E-state index in [9.17, 15) is 5.11 Å². The molecule has 1 aromatic carbocycles. The molecule has 2 rings (SSSR count). The van der Waals surface area contributed by atoms with Crippen LogP contribution in [0.15, 0.2) is 18.2 Å². The molecule has 0 aliphatic carbocycles.